The number of hydrogen-bond donors (Lipinski definition) is 0. The third-order valence-corrected chi connectivity index (χ3v) is 3.34. The van der Waals surface area contributed by atoms with Gasteiger partial charge in [-0.1, -0.05) is 0 Å². The molecule has 72 valence electrons. The summed E-state index contributed by atoms with van der Waals surface area (Å²) >= 11 is 1.65. The fourth-order valence-electron chi connectivity index (χ4n) is 1.44. The number of carbonyl (C=O) groups excluding carboxylic acids is 2. The molecule has 2 aliphatic rings. The van der Waals surface area contributed by atoms with Gasteiger partial charge in [-0.05, 0) is 0 Å². The second kappa shape index (κ2) is 3.21. The van der Waals surface area contributed by atoms with E-state index in [4.69, 9.17) is 0 Å². The van der Waals surface area contributed by atoms with Gasteiger partial charge in [-0.3, -0.25) is 9.59 Å². The highest BCUT2D eigenvalue weighted by Gasteiger charge is 2.38. The van der Waals surface area contributed by atoms with Gasteiger partial charge in [0.15, 0.2) is 0 Å². The maximum absolute atomic E-state index is 11.6. The maximum atomic E-state index is 11.6. The molecule has 1 unspecified atom stereocenters. The highest BCUT2D eigenvalue weighted by molar-refractivity contribution is 7.99. The van der Waals surface area contributed by atoms with Crippen LogP contribution >= 0.6 is 11.8 Å². The normalized spacial score (nSPS) is 26.4. The summed E-state index contributed by atoms with van der Waals surface area (Å²) in [6.07, 6.45) is 0. The minimum atomic E-state index is -0.190. The Kier molecular flexibility index (Phi) is 2.19. The molecule has 0 N–H and O–H groups in total. The van der Waals surface area contributed by atoms with Crippen LogP contribution in [0, 0.1) is 0 Å². The molecule has 0 aromatic rings. The Morgan fingerprint density at radius 2 is 2.08 bits per heavy atom. The first-order valence-corrected chi connectivity index (χ1v) is 5.49. The van der Waals surface area contributed by atoms with E-state index in [2.05, 4.69) is 0 Å². The van der Waals surface area contributed by atoms with E-state index in [-0.39, 0.29) is 17.9 Å². The van der Waals surface area contributed by atoms with E-state index >= 15 is 0 Å². The van der Waals surface area contributed by atoms with Crippen molar-refractivity contribution in [3.8, 4) is 0 Å². The van der Waals surface area contributed by atoms with Crippen molar-refractivity contribution in [2.75, 3.05) is 24.7 Å². The number of thioether (sulfide) groups is 1. The van der Waals surface area contributed by atoms with Crippen LogP contribution in [0.4, 0.5) is 0 Å². The van der Waals surface area contributed by atoms with E-state index in [0.717, 1.165) is 18.8 Å². The van der Waals surface area contributed by atoms with Crippen LogP contribution in [0.25, 0.3) is 0 Å². The predicted molar refractivity (Wildman–Crippen MR) is 50.2 cm³/mol. The van der Waals surface area contributed by atoms with Crippen LogP contribution in [0.15, 0.2) is 0 Å². The number of nitrogens with zero attached hydrogens (tertiary/aromatic N) is 2. The first kappa shape index (κ1) is 8.87. The van der Waals surface area contributed by atoms with E-state index in [9.17, 15) is 9.59 Å². The second-order valence-electron chi connectivity index (χ2n) is 3.33. The van der Waals surface area contributed by atoms with Crippen molar-refractivity contribution < 1.29 is 9.59 Å². The van der Waals surface area contributed by atoms with E-state index in [0.29, 0.717) is 5.88 Å². The van der Waals surface area contributed by atoms with Crippen molar-refractivity contribution >= 4 is 23.6 Å². The molecular weight excluding hydrogens is 188 g/mol. The fraction of sp³-hybridized carbons (Fsp3) is 0.750. The van der Waals surface area contributed by atoms with E-state index in [1.165, 1.54) is 6.92 Å². The molecule has 0 bridgehead atoms. The van der Waals surface area contributed by atoms with Crippen LogP contribution in [0.3, 0.4) is 0 Å². The second-order valence-corrected chi connectivity index (χ2v) is 4.33. The molecule has 0 radical (unpaired) electrons. The summed E-state index contributed by atoms with van der Waals surface area (Å²) in [6.45, 7) is 3.26. The number of hydrogen-bond acceptors (Lipinski definition) is 3. The van der Waals surface area contributed by atoms with Crippen LogP contribution in [0.5, 0.6) is 0 Å². The molecule has 1 atom stereocenters. The SMILES string of the molecule is CC(=O)N1CSCC1C(=O)N1CC1. The molecule has 2 saturated heterocycles. The summed E-state index contributed by atoms with van der Waals surface area (Å²) in [7, 11) is 0. The summed E-state index contributed by atoms with van der Waals surface area (Å²) in [6, 6.07) is -0.190. The van der Waals surface area contributed by atoms with Crippen molar-refractivity contribution in [2.24, 2.45) is 0 Å². The van der Waals surface area contributed by atoms with Gasteiger partial charge in [0.05, 0.1) is 5.88 Å². The van der Waals surface area contributed by atoms with Crippen molar-refractivity contribution in [3.63, 3.8) is 0 Å². The Labute approximate surface area is 81.2 Å². The highest BCUT2D eigenvalue weighted by Crippen LogP contribution is 2.24. The Hall–Kier alpha value is -0.710. The van der Waals surface area contributed by atoms with Gasteiger partial charge in [-0.15, -0.1) is 11.8 Å². The molecular formula is C8H12N2O2S. The van der Waals surface area contributed by atoms with Crippen molar-refractivity contribution in [3.05, 3.63) is 0 Å². The van der Waals surface area contributed by atoms with Gasteiger partial charge < -0.3 is 9.80 Å². The van der Waals surface area contributed by atoms with Crippen molar-refractivity contribution in [1.82, 2.24) is 9.80 Å². The minimum Gasteiger partial charge on any atom is -0.337 e. The Balaban J connectivity index is 2.03. The lowest BCUT2D eigenvalue weighted by Gasteiger charge is -2.21. The third kappa shape index (κ3) is 1.65. The quantitative estimate of drug-likeness (QED) is 0.548. The van der Waals surface area contributed by atoms with E-state index in [1.807, 2.05) is 0 Å². The maximum Gasteiger partial charge on any atom is 0.246 e. The Bertz CT molecular complexity index is 253. The summed E-state index contributed by atoms with van der Waals surface area (Å²) in [5, 5.41) is 0. The Morgan fingerprint density at radius 3 is 2.62 bits per heavy atom. The molecule has 2 aliphatic heterocycles. The Morgan fingerprint density at radius 1 is 1.38 bits per heavy atom. The molecule has 0 aromatic heterocycles. The number of rotatable bonds is 1. The average Bonchev–Trinajstić information content (AvgIpc) is 2.80. The molecule has 13 heavy (non-hydrogen) atoms. The minimum absolute atomic E-state index is 0.00481. The molecule has 0 aliphatic carbocycles. The highest BCUT2D eigenvalue weighted by atomic mass is 32.2. The molecule has 2 fully saturated rings. The lowest BCUT2D eigenvalue weighted by atomic mass is 10.3. The van der Waals surface area contributed by atoms with Gasteiger partial charge in [0.25, 0.3) is 0 Å². The van der Waals surface area contributed by atoms with Gasteiger partial charge in [-0.25, -0.2) is 0 Å². The zero-order valence-corrected chi connectivity index (χ0v) is 8.34. The standard InChI is InChI=1S/C8H12N2O2S/c1-6(11)10-5-13-4-7(10)8(12)9-2-3-9/h7H,2-5H2,1H3. The smallest absolute Gasteiger partial charge is 0.246 e. The summed E-state index contributed by atoms with van der Waals surface area (Å²) < 4.78 is 0. The summed E-state index contributed by atoms with van der Waals surface area (Å²) in [4.78, 5) is 26.2. The molecule has 4 nitrogen and oxygen atoms in total. The van der Waals surface area contributed by atoms with Crippen LogP contribution in [-0.4, -0.2) is 52.4 Å². The van der Waals surface area contributed by atoms with Crippen LogP contribution in [0.1, 0.15) is 6.92 Å². The molecule has 2 rings (SSSR count). The number of carbonyl (C=O) groups is 2. The molecule has 2 amide bonds. The lowest BCUT2D eigenvalue weighted by molar-refractivity contribution is -0.138. The number of amides is 2. The van der Waals surface area contributed by atoms with Crippen molar-refractivity contribution in [2.45, 2.75) is 13.0 Å². The monoisotopic (exact) mass is 200 g/mol. The average molecular weight is 200 g/mol. The van der Waals surface area contributed by atoms with Gasteiger partial charge >= 0.3 is 0 Å². The molecule has 0 spiro atoms. The van der Waals surface area contributed by atoms with Gasteiger partial charge in [-0.2, -0.15) is 0 Å². The first-order valence-electron chi connectivity index (χ1n) is 4.34. The zero-order valence-electron chi connectivity index (χ0n) is 7.52. The lowest BCUT2D eigenvalue weighted by Crippen LogP contribution is -2.43. The van der Waals surface area contributed by atoms with Crippen molar-refractivity contribution in [1.29, 1.82) is 0 Å². The van der Waals surface area contributed by atoms with Crippen LogP contribution < -0.4 is 0 Å². The van der Waals surface area contributed by atoms with Gasteiger partial charge in [0.2, 0.25) is 11.8 Å². The van der Waals surface area contributed by atoms with Crippen LogP contribution in [0.2, 0.25) is 0 Å². The topological polar surface area (TPSA) is 40.4 Å². The largest absolute Gasteiger partial charge is 0.337 e. The van der Waals surface area contributed by atoms with Gasteiger partial charge in [0, 0.05) is 25.8 Å². The first-order chi connectivity index (χ1) is 6.20. The van der Waals surface area contributed by atoms with E-state index < -0.39 is 0 Å². The summed E-state index contributed by atoms with van der Waals surface area (Å²) in [5.74, 6) is 1.56. The zero-order chi connectivity index (χ0) is 9.42. The van der Waals surface area contributed by atoms with E-state index in [1.54, 1.807) is 21.6 Å². The predicted octanol–water partition coefficient (Wildman–Crippen LogP) is -0.250. The molecule has 0 saturated carbocycles. The summed E-state index contributed by atoms with van der Waals surface area (Å²) in [5.41, 5.74) is 0. The fourth-order valence-corrected chi connectivity index (χ4v) is 2.65. The molecule has 2 heterocycles. The van der Waals surface area contributed by atoms with Crippen LogP contribution in [-0.2, 0) is 9.59 Å². The van der Waals surface area contributed by atoms with Gasteiger partial charge in [0.1, 0.15) is 6.04 Å². The molecule has 0 aromatic carbocycles. The third-order valence-electron chi connectivity index (χ3n) is 2.33. The molecule has 5 heteroatoms.